The van der Waals surface area contributed by atoms with E-state index < -0.39 is 6.10 Å². The fraction of sp³-hybridized carbons (Fsp3) is 0.333. The summed E-state index contributed by atoms with van der Waals surface area (Å²) in [7, 11) is 0. The lowest BCUT2D eigenvalue weighted by Crippen LogP contribution is -2.09. The van der Waals surface area contributed by atoms with Gasteiger partial charge in [0.05, 0.1) is 6.10 Å². The number of aliphatic hydroxyl groups excluding tert-OH is 1. The Balaban J connectivity index is 2.31. The largest absolute Gasteiger partial charge is 0.387 e. The highest BCUT2D eigenvalue weighted by Crippen LogP contribution is 2.40. The first-order chi connectivity index (χ1) is 8.63. The van der Waals surface area contributed by atoms with Crippen LogP contribution in [0.25, 0.3) is 0 Å². The van der Waals surface area contributed by atoms with Crippen molar-refractivity contribution in [2.45, 2.75) is 32.3 Å². The first-order valence-electron chi connectivity index (χ1n) is 6.12. The number of rotatable bonds is 4. The van der Waals surface area contributed by atoms with Gasteiger partial charge in [-0.15, -0.1) is 11.3 Å². The first-order valence-corrected chi connectivity index (χ1v) is 7.73. The van der Waals surface area contributed by atoms with Crippen molar-refractivity contribution in [2.75, 3.05) is 0 Å². The lowest BCUT2D eigenvalue weighted by molar-refractivity contribution is 0.145. The van der Waals surface area contributed by atoms with Crippen molar-refractivity contribution in [2.24, 2.45) is 0 Å². The summed E-state index contributed by atoms with van der Waals surface area (Å²) in [5.74, 6) is 0.153. The highest BCUT2D eigenvalue weighted by Gasteiger charge is 2.24. The molecule has 3 heteroatoms. The molecule has 0 spiro atoms. The van der Waals surface area contributed by atoms with Crippen LogP contribution >= 0.6 is 27.3 Å². The minimum absolute atomic E-state index is 0.153. The van der Waals surface area contributed by atoms with Crippen LogP contribution in [-0.2, 0) is 0 Å². The molecule has 1 nitrogen and oxygen atoms in total. The van der Waals surface area contributed by atoms with Crippen molar-refractivity contribution in [3.63, 3.8) is 0 Å². The van der Waals surface area contributed by atoms with E-state index in [1.165, 1.54) is 10.4 Å². The quantitative estimate of drug-likeness (QED) is 0.834. The third kappa shape index (κ3) is 2.85. The van der Waals surface area contributed by atoms with Crippen molar-refractivity contribution in [3.8, 4) is 0 Å². The Kier molecular flexibility index (Phi) is 4.60. The molecule has 0 bridgehead atoms. The topological polar surface area (TPSA) is 20.2 Å². The Hall–Kier alpha value is -0.640. The molecule has 2 atom stereocenters. The standard InChI is InChI=1S/C15H17BrOS/c1-3-12(11-7-5-4-6-8-11)14(17)15-13(16)9-10(2)18-15/h4-9,12,14,17H,3H2,1-2H3. The van der Waals surface area contributed by atoms with Crippen molar-refractivity contribution in [1.29, 1.82) is 0 Å². The van der Waals surface area contributed by atoms with Crippen molar-refractivity contribution < 1.29 is 5.11 Å². The van der Waals surface area contributed by atoms with Gasteiger partial charge in [0, 0.05) is 20.1 Å². The van der Waals surface area contributed by atoms with E-state index in [1.807, 2.05) is 18.2 Å². The summed E-state index contributed by atoms with van der Waals surface area (Å²) in [5, 5.41) is 10.6. The summed E-state index contributed by atoms with van der Waals surface area (Å²) in [6, 6.07) is 12.3. The molecule has 18 heavy (non-hydrogen) atoms. The molecule has 1 N–H and O–H groups in total. The van der Waals surface area contributed by atoms with Crippen LogP contribution in [-0.4, -0.2) is 5.11 Å². The third-order valence-electron chi connectivity index (χ3n) is 3.15. The van der Waals surface area contributed by atoms with Crippen LogP contribution in [0, 0.1) is 6.92 Å². The van der Waals surface area contributed by atoms with Crippen LogP contribution in [0.3, 0.4) is 0 Å². The summed E-state index contributed by atoms with van der Waals surface area (Å²) in [5.41, 5.74) is 1.20. The van der Waals surface area contributed by atoms with Crippen molar-refractivity contribution >= 4 is 27.3 Å². The molecule has 0 amide bonds. The van der Waals surface area contributed by atoms with Crippen LogP contribution in [0.1, 0.15) is 40.7 Å². The molecule has 0 saturated heterocycles. The molecular weight excluding hydrogens is 308 g/mol. The molecule has 96 valence electrons. The van der Waals surface area contributed by atoms with Crippen LogP contribution in [0.15, 0.2) is 40.9 Å². The van der Waals surface area contributed by atoms with Gasteiger partial charge in [-0.3, -0.25) is 0 Å². The molecule has 2 aromatic rings. The smallest absolute Gasteiger partial charge is 0.0961 e. The maximum absolute atomic E-state index is 10.6. The molecular formula is C15H17BrOS. The minimum atomic E-state index is -0.439. The molecule has 0 radical (unpaired) electrons. The molecule has 1 aromatic carbocycles. The minimum Gasteiger partial charge on any atom is -0.387 e. The van der Waals surface area contributed by atoms with Gasteiger partial charge in [0.25, 0.3) is 0 Å². The third-order valence-corrected chi connectivity index (χ3v) is 5.19. The monoisotopic (exact) mass is 324 g/mol. The number of aliphatic hydroxyl groups is 1. The zero-order chi connectivity index (χ0) is 13.1. The van der Waals surface area contributed by atoms with E-state index in [2.05, 4.69) is 48.0 Å². The predicted octanol–water partition coefficient (Wildman–Crippen LogP) is 5.05. The number of hydrogen-bond donors (Lipinski definition) is 1. The Morgan fingerprint density at radius 3 is 2.44 bits per heavy atom. The summed E-state index contributed by atoms with van der Waals surface area (Å²) in [6.07, 6.45) is 0.486. The molecule has 0 fully saturated rings. The molecule has 2 rings (SSSR count). The van der Waals surface area contributed by atoms with Gasteiger partial charge >= 0.3 is 0 Å². The zero-order valence-electron chi connectivity index (χ0n) is 10.6. The fourth-order valence-electron chi connectivity index (χ4n) is 2.23. The SMILES string of the molecule is CCC(c1ccccc1)C(O)c1sc(C)cc1Br. The van der Waals surface area contributed by atoms with Gasteiger partial charge in [0.2, 0.25) is 0 Å². The molecule has 1 heterocycles. The number of thiophene rings is 1. The van der Waals surface area contributed by atoms with E-state index in [4.69, 9.17) is 0 Å². The Bertz CT molecular complexity index is 506. The first kappa shape index (κ1) is 13.8. The van der Waals surface area contributed by atoms with Gasteiger partial charge in [-0.2, -0.15) is 0 Å². The molecule has 0 aliphatic heterocycles. The van der Waals surface area contributed by atoms with E-state index in [0.29, 0.717) is 0 Å². The maximum atomic E-state index is 10.6. The number of aryl methyl sites for hydroxylation is 1. The Morgan fingerprint density at radius 1 is 1.28 bits per heavy atom. The second kappa shape index (κ2) is 6.00. The predicted molar refractivity (Wildman–Crippen MR) is 81.2 cm³/mol. The van der Waals surface area contributed by atoms with E-state index in [0.717, 1.165) is 15.8 Å². The lowest BCUT2D eigenvalue weighted by atomic mass is 9.90. The van der Waals surface area contributed by atoms with Crippen molar-refractivity contribution in [3.05, 3.63) is 56.2 Å². The van der Waals surface area contributed by atoms with Gasteiger partial charge in [-0.05, 0) is 40.9 Å². The van der Waals surface area contributed by atoms with E-state index in [9.17, 15) is 5.11 Å². The second-order valence-electron chi connectivity index (χ2n) is 4.44. The van der Waals surface area contributed by atoms with Gasteiger partial charge in [0.15, 0.2) is 0 Å². The molecule has 2 unspecified atom stereocenters. The molecule has 0 saturated carbocycles. The highest BCUT2D eigenvalue weighted by molar-refractivity contribution is 9.10. The maximum Gasteiger partial charge on any atom is 0.0961 e. The van der Waals surface area contributed by atoms with Crippen LogP contribution in [0.5, 0.6) is 0 Å². The molecule has 1 aromatic heterocycles. The van der Waals surface area contributed by atoms with Crippen molar-refractivity contribution in [1.82, 2.24) is 0 Å². The van der Waals surface area contributed by atoms with Gasteiger partial charge in [-0.25, -0.2) is 0 Å². The summed E-state index contributed by atoms with van der Waals surface area (Å²) in [4.78, 5) is 2.25. The van der Waals surface area contributed by atoms with E-state index in [-0.39, 0.29) is 5.92 Å². The summed E-state index contributed by atoms with van der Waals surface area (Å²) >= 11 is 5.20. The average Bonchev–Trinajstić information content (AvgIpc) is 2.70. The lowest BCUT2D eigenvalue weighted by Gasteiger charge is -2.21. The molecule has 0 aliphatic rings. The normalized spacial score (nSPS) is 14.4. The average molecular weight is 325 g/mol. The fourth-order valence-corrected chi connectivity index (χ4v) is 4.16. The zero-order valence-corrected chi connectivity index (χ0v) is 13.0. The van der Waals surface area contributed by atoms with Gasteiger partial charge in [0.1, 0.15) is 0 Å². The van der Waals surface area contributed by atoms with E-state index in [1.54, 1.807) is 11.3 Å². The van der Waals surface area contributed by atoms with Crippen LogP contribution < -0.4 is 0 Å². The van der Waals surface area contributed by atoms with Gasteiger partial charge in [-0.1, -0.05) is 37.3 Å². The molecule has 0 aliphatic carbocycles. The van der Waals surface area contributed by atoms with Crippen LogP contribution in [0.2, 0.25) is 0 Å². The number of halogens is 1. The summed E-state index contributed by atoms with van der Waals surface area (Å²) in [6.45, 7) is 4.18. The number of hydrogen-bond acceptors (Lipinski definition) is 2. The Labute approximate surface area is 121 Å². The van der Waals surface area contributed by atoms with Gasteiger partial charge < -0.3 is 5.11 Å². The highest BCUT2D eigenvalue weighted by atomic mass is 79.9. The second-order valence-corrected chi connectivity index (χ2v) is 6.58. The van der Waals surface area contributed by atoms with Crippen LogP contribution in [0.4, 0.5) is 0 Å². The number of benzene rings is 1. The van der Waals surface area contributed by atoms with E-state index >= 15 is 0 Å². The Morgan fingerprint density at radius 2 is 1.94 bits per heavy atom. The summed E-state index contributed by atoms with van der Waals surface area (Å²) < 4.78 is 1.02.